The lowest BCUT2D eigenvalue weighted by molar-refractivity contribution is -0.119. The lowest BCUT2D eigenvalue weighted by Crippen LogP contribution is -2.53. The lowest BCUT2D eigenvalue weighted by atomic mass is 10.2. The topological polar surface area (TPSA) is 40.6 Å². The third-order valence-electron chi connectivity index (χ3n) is 3.53. The second kappa shape index (κ2) is 4.12. The van der Waals surface area contributed by atoms with Crippen molar-refractivity contribution in [3.8, 4) is 0 Å². The van der Waals surface area contributed by atoms with Crippen LogP contribution in [-0.4, -0.2) is 29.4 Å². The van der Waals surface area contributed by atoms with Crippen LogP contribution in [0.5, 0.6) is 0 Å². The molecular formula is C14H16N2O2. The number of rotatable bonds is 2. The third-order valence-corrected chi connectivity index (χ3v) is 3.53. The van der Waals surface area contributed by atoms with Crippen LogP contribution in [-0.2, 0) is 4.79 Å². The summed E-state index contributed by atoms with van der Waals surface area (Å²) in [4.78, 5) is 27.4. The second-order valence-corrected chi connectivity index (χ2v) is 5.02. The predicted octanol–water partition coefficient (Wildman–Crippen LogP) is 2.32. The zero-order valence-corrected chi connectivity index (χ0v) is 10.4. The molecule has 1 saturated carbocycles. The number of carbonyl (C=O) groups is 2. The summed E-state index contributed by atoms with van der Waals surface area (Å²) in [5.74, 6) is -0.0965. The highest BCUT2D eigenvalue weighted by Gasteiger charge is 2.40. The molecule has 1 saturated heterocycles. The standard InChI is InChI=1S/C14H16N2O2/c1-10-2-4-12(5-3-10)16-13(17)8-9-15(14(16)18)11-6-7-11/h2-5,11H,6-9H2,1H3. The smallest absolute Gasteiger partial charge is 0.320 e. The average molecular weight is 244 g/mol. The van der Waals surface area contributed by atoms with Gasteiger partial charge in [0.25, 0.3) is 0 Å². The van der Waals surface area contributed by atoms with Crippen molar-refractivity contribution in [2.45, 2.75) is 32.2 Å². The third kappa shape index (κ3) is 1.88. The number of aryl methyl sites for hydroxylation is 1. The van der Waals surface area contributed by atoms with Gasteiger partial charge in [0.05, 0.1) is 5.69 Å². The van der Waals surface area contributed by atoms with Crippen molar-refractivity contribution in [1.29, 1.82) is 0 Å². The van der Waals surface area contributed by atoms with E-state index in [1.165, 1.54) is 4.90 Å². The van der Waals surface area contributed by atoms with Crippen molar-refractivity contribution < 1.29 is 9.59 Å². The molecule has 1 heterocycles. The normalized spacial score (nSPS) is 20.5. The summed E-state index contributed by atoms with van der Waals surface area (Å²) in [6.45, 7) is 2.56. The fourth-order valence-electron chi connectivity index (χ4n) is 2.33. The molecule has 0 spiro atoms. The van der Waals surface area contributed by atoms with Crippen molar-refractivity contribution in [2.24, 2.45) is 0 Å². The van der Waals surface area contributed by atoms with Gasteiger partial charge >= 0.3 is 6.03 Å². The quantitative estimate of drug-likeness (QED) is 0.801. The summed E-state index contributed by atoms with van der Waals surface area (Å²) in [5.41, 5.74) is 1.80. The maximum absolute atomic E-state index is 12.3. The average Bonchev–Trinajstić information content (AvgIpc) is 3.16. The van der Waals surface area contributed by atoms with E-state index in [4.69, 9.17) is 0 Å². The zero-order valence-electron chi connectivity index (χ0n) is 10.4. The van der Waals surface area contributed by atoms with E-state index < -0.39 is 0 Å². The van der Waals surface area contributed by atoms with Crippen LogP contribution in [0.25, 0.3) is 0 Å². The molecule has 0 N–H and O–H groups in total. The van der Waals surface area contributed by atoms with Gasteiger partial charge in [0.15, 0.2) is 0 Å². The van der Waals surface area contributed by atoms with Crippen LogP contribution >= 0.6 is 0 Å². The number of carbonyl (C=O) groups excluding carboxylic acids is 2. The highest BCUT2D eigenvalue weighted by molar-refractivity contribution is 6.15. The number of anilines is 1. The van der Waals surface area contributed by atoms with Crippen LogP contribution in [0.1, 0.15) is 24.8 Å². The number of hydrogen-bond acceptors (Lipinski definition) is 2. The van der Waals surface area contributed by atoms with Gasteiger partial charge < -0.3 is 4.90 Å². The summed E-state index contributed by atoms with van der Waals surface area (Å²) in [7, 11) is 0. The Kier molecular flexibility index (Phi) is 2.58. The first-order valence-electron chi connectivity index (χ1n) is 6.37. The Morgan fingerprint density at radius 2 is 1.78 bits per heavy atom. The van der Waals surface area contributed by atoms with Gasteiger partial charge in [-0.3, -0.25) is 4.79 Å². The van der Waals surface area contributed by atoms with Crippen LogP contribution in [0.15, 0.2) is 24.3 Å². The number of hydrogen-bond donors (Lipinski definition) is 0. The summed E-state index contributed by atoms with van der Waals surface area (Å²) >= 11 is 0. The minimum absolute atomic E-state index is 0.0965. The van der Waals surface area contributed by atoms with Crippen LogP contribution in [0.3, 0.4) is 0 Å². The Hall–Kier alpha value is -1.84. The number of amides is 3. The molecule has 1 aromatic rings. The monoisotopic (exact) mass is 244 g/mol. The van der Waals surface area contributed by atoms with Gasteiger partial charge in [-0.15, -0.1) is 0 Å². The first-order valence-corrected chi connectivity index (χ1v) is 6.37. The molecule has 18 heavy (non-hydrogen) atoms. The fraction of sp³-hybridized carbons (Fsp3) is 0.429. The summed E-state index contributed by atoms with van der Waals surface area (Å²) in [5, 5.41) is 0. The van der Waals surface area contributed by atoms with E-state index in [1.54, 1.807) is 0 Å². The van der Waals surface area contributed by atoms with E-state index in [2.05, 4.69) is 0 Å². The van der Waals surface area contributed by atoms with Crippen molar-refractivity contribution in [3.05, 3.63) is 29.8 Å². The van der Waals surface area contributed by atoms with Crippen LogP contribution in [0.4, 0.5) is 10.5 Å². The van der Waals surface area contributed by atoms with Gasteiger partial charge in [0, 0.05) is 19.0 Å². The molecule has 1 aliphatic carbocycles. The van der Waals surface area contributed by atoms with E-state index >= 15 is 0 Å². The van der Waals surface area contributed by atoms with Crippen LogP contribution in [0.2, 0.25) is 0 Å². The maximum atomic E-state index is 12.3. The zero-order chi connectivity index (χ0) is 12.7. The van der Waals surface area contributed by atoms with E-state index in [0.717, 1.165) is 18.4 Å². The van der Waals surface area contributed by atoms with Gasteiger partial charge in [0.2, 0.25) is 5.91 Å². The van der Waals surface area contributed by atoms with Gasteiger partial charge in [-0.25, -0.2) is 9.69 Å². The van der Waals surface area contributed by atoms with Crippen molar-refractivity contribution in [3.63, 3.8) is 0 Å². The lowest BCUT2D eigenvalue weighted by Gasteiger charge is -2.34. The number of urea groups is 1. The van der Waals surface area contributed by atoms with Crippen LogP contribution in [0, 0.1) is 6.92 Å². The second-order valence-electron chi connectivity index (χ2n) is 5.02. The Balaban J connectivity index is 1.89. The molecule has 1 aromatic carbocycles. The largest absolute Gasteiger partial charge is 0.331 e. The number of imide groups is 1. The van der Waals surface area contributed by atoms with Crippen molar-refractivity contribution >= 4 is 17.6 Å². The van der Waals surface area contributed by atoms with Gasteiger partial charge in [-0.2, -0.15) is 0 Å². The van der Waals surface area contributed by atoms with E-state index in [9.17, 15) is 9.59 Å². The van der Waals surface area contributed by atoms with Gasteiger partial charge in [0.1, 0.15) is 0 Å². The molecule has 4 heteroatoms. The molecule has 0 bridgehead atoms. The maximum Gasteiger partial charge on any atom is 0.331 e. The SMILES string of the molecule is Cc1ccc(N2C(=O)CCN(C3CC3)C2=O)cc1. The van der Waals surface area contributed by atoms with E-state index in [1.807, 2.05) is 36.1 Å². The summed E-state index contributed by atoms with van der Waals surface area (Å²) < 4.78 is 0. The van der Waals surface area contributed by atoms with Gasteiger partial charge in [-0.05, 0) is 31.9 Å². The Bertz CT molecular complexity index is 491. The molecule has 0 unspecified atom stereocenters. The number of nitrogens with zero attached hydrogens (tertiary/aromatic N) is 2. The molecule has 0 aromatic heterocycles. The Labute approximate surface area is 106 Å². The van der Waals surface area contributed by atoms with E-state index in [0.29, 0.717) is 24.7 Å². The predicted molar refractivity (Wildman–Crippen MR) is 68.4 cm³/mol. The minimum atomic E-state index is -0.155. The van der Waals surface area contributed by atoms with Crippen LogP contribution < -0.4 is 4.90 Å². The van der Waals surface area contributed by atoms with E-state index in [-0.39, 0.29) is 11.9 Å². The molecule has 2 aliphatic rings. The Morgan fingerprint density at radius 3 is 2.39 bits per heavy atom. The summed E-state index contributed by atoms with van der Waals surface area (Å²) in [6, 6.07) is 7.72. The molecule has 4 nitrogen and oxygen atoms in total. The molecule has 2 fully saturated rings. The molecule has 3 amide bonds. The molecule has 0 radical (unpaired) electrons. The highest BCUT2D eigenvalue weighted by Crippen LogP contribution is 2.31. The molecule has 1 aliphatic heterocycles. The first kappa shape index (κ1) is 11.3. The van der Waals surface area contributed by atoms with Crippen molar-refractivity contribution in [1.82, 2.24) is 4.90 Å². The molecule has 0 atom stereocenters. The first-order chi connectivity index (χ1) is 8.66. The molecule has 94 valence electrons. The minimum Gasteiger partial charge on any atom is -0.320 e. The fourth-order valence-corrected chi connectivity index (χ4v) is 2.33. The number of benzene rings is 1. The molecular weight excluding hydrogens is 228 g/mol. The van der Waals surface area contributed by atoms with Gasteiger partial charge in [-0.1, -0.05) is 17.7 Å². The summed E-state index contributed by atoms with van der Waals surface area (Å²) in [6.07, 6.45) is 2.57. The highest BCUT2D eigenvalue weighted by atomic mass is 16.2. The molecule has 3 rings (SSSR count). The Morgan fingerprint density at radius 1 is 1.11 bits per heavy atom. The van der Waals surface area contributed by atoms with Crippen molar-refractivity contribution in [2.75, 3.05) is 11.4 Å².